The van der Waals surface area contributed by atoms with Crippen molar-refractivity contribution in [3.63, 3.8) is 0 Å². The van der Waals surface area contributed by atoms with Gasteiger partial charge in [-0.2, -0.15) is 0 Å². The highest BCUT2D eigenvalue weighted by Gasteiger charge is 2.09. The number of aromatic nitrogens is 2. The number of H-pyrrole nitrogens is 1. The largest absolute Gasteiger partial charge is 0.497 e. The molecule has 3 N–H and O–H groups in total. The van der Waals surface area contributed by atoms with Gasteiger partial charge < -0.3 is 15.5 Å². The number of primary amides is 1. The molecule has 27 heavy (non-hydrogen) atoms. The second-order valence-electron chi connectivity index (χ2n) is 6.40. The molecule has 0 saturated carbocycles. The van der Waals surface area contributed by atoms with Crippen molar-refractivity contribution in [1.82, 2.24) is 9.97 Å². The number of pyridine rings is 1. The van der Waals surface area contributed by atoms with Crippen LogP contribution in [0.4, 0.5) is 0 Å². The lowest BCUT2D eigenvalue weighted by Crippen LogP contribution is -2.10. The van der Waals surface area contributed by atoms with Gasteiger partial charge in [0.25, 0.3) is 0 Å². The van der Waals surface area contributed by atoms with E-state index in [1.807, 2.05) is 42.7 Å². The molecule has 0 saturated heterocycles. The first-order chi connectivity index (χ1) is 13.1. The minimum absolute atomic E-state index is 0.429. The predicted octanol–water partition coefficient (Wildman–Crippen LogP) is 3.93. The minimum Gasteiger partial charge on any atom is -0.497 e. The lowest BCUT2D eigenvalue weighted by atomic mass is 10.0. The lowest BCUT2D eigenvalue weighted by Gasteiger charge is -2.06. The number of nitrogens with one attached hydrogen (secondary N) is 1. The SMILES string of the molecule is COc1cccc(Cc2c[nH]c3ncc(-c4ccc(C(N)=O)cc4)cc23)c1. The molecule has 4 aromatic rings. The van der Waals surface area contributed by atoms with E-state index >= 15 is 0 Å². The Hall–Kier alpha value is -3.60. The number of carbonyl (C=O) groups is 1. The second kappa shape index (κ2) is 6.96. The summed E-state index contributed by atoms with van der Waals surface area (Å²) in [5, 5.41) is 1.08. The molecule has 0 unspecified atom stereocenters. The number of aromatic amines is 1. The third kappa shape index (κ3) is 3.40. The van der Waals surface area contributed by atoms with E-state index in [2.05, 4.69) is 22.1 Å². The highest BCUT2D eigenvalue weighted by molar-refractivity contribution is 5.93. The van der Waals surface area contributed by atoms with E-state index in [9.17, 15) is 4.79 Å². The molecule has 0 aliphatic carbocycles. The summed E-state index contributed by atoms with van der Waals surface area (Å²) >= 11 is 0. The summed E-state index contributed by atoms with van der Waals surface area (Å²) in [5.41, 5.74) is 11.0. The van der Waals surface area contributed by atoms with E-state index in [1.54, 1.807) is 19.2 Å². The Morgan fingerprint density at radius 1 is 1.11 bits per heavy atom. The molecular weight excluding hydrogens is 338 g/mol. The zero-order valence-corrected chi connectivity index (χ0v) is 14.9. The van der Waals surface area contributed by atoms with Crippen LogP contribution in [0.25, 0.3) is 22.2 Å². The first kappa shape index (κ1) is 16.8. The third-order valence-electron chi connectivity index (χ3n) is 4.65. The Bertz CT molecular complexity index is 1110. The van der Waals surface area contributed by atoms with Gasteiger partial charge in [0.1, 0.15) is 11.4 Å². The standard InChI is InChI=1S/C22H19N3O2/c1-27-19-4-2-3-14(10-19)9-18-13-25-22-20(18)11-17(12-24-22)15-5-7-16(8-6-15)21(23)26/h2-8,10-13H,9H2,1H3,(H2,23,26)(H,24,25). The van der Waals surface area contributed by atoms with E-state index in [1.165, 1.54) is 11.1 Å². The van der Waals surface area contributed by atoms with Crippen LogP contribution in [0.5, 0.6) is 5.75 Å². The average Bonchev–Trinajstić information content (AvgIpc) is 3.10. The molecule has 0 bridgehead atoms. The maximum Gasteiger partial charge on any atom is 0.248 e. The summed E-state index contributed by atoms with van der Waals surface area (Å²) in [6, 6.07) is 17.4. The smallest absolute Gasteiger partial charge is 0.248 e. The molecular formula is C22H19N3O2. The number of amides is 1. The molecule has 5 nitrogen and oxygen atoms in total. The van der Waals surface area contributed by atoms with E-state index in [-0.39, 0.29) is 0 Å². The first-order valence-electron chi connectivity index (χ1n) is 8.63. The van der Waals surface area contributed by atoms with E-state index in [0.717, 1.165) is 34.3 Å². The Morgan fingerprint density at radius 3 is 2.67 bits per heavy atom. The number of ether oxygens (including phenoxy) is 1. The molecule has 2 aromatic heterocycles. The monoisotopic (exact) mass is 357 g/mol. The van der Waals surface area contributed by atoms with Gasteiger partial charge in [-0.3, -0.25) is 4.79 Å². The Labute approximate surface area is 156 Å². The van der Waals surface area contributed by atoms with Crippen LogP contribution >= 0.6 is 0 Å². The van der Waals surface area contributed by atoms with Crippen molar-refractivity contribution in [2.24, 2.45) is 5.73 Å². The van der Waals surface area contributed by atoms with Crippen LogP contribution in [0.3, 0.4) is 0 Å². The van der Waals surface area contributed by atoms with E-state index < -0.39 is 5.91 Å². The molecule has 2 aromatic carbocycles. The summed E-state index contributed by atoms with van der Waals surface area (Å²) in [6.07, 6.45) is 4.60. The molecule has 5 heteroatoms. The zero-order valence-electron chi connectivity index (χ0n) is 14.9. The van der Waals surface area contributed by atoms with Gasteiger partial charge in [-0.25, -0.2) is 4.98 Å². The van der Waals surface area contributed by atoms with Crippen LogP contribution < -0.4 is 10.5 Å². The van der Waals surface area contributed by atoms with Crippen molar-refractivity contribution in [3.8, 4) is 16.9 Å². The van der Waals surface area contributed by atoms with Crippen molar-refractivity contribution >= 4 is 16.9 Å². The topological polar surface area (TPSA) is 81.0 Å². The number of nitrogens with two attached hydrogens (primary N) is 1. The highest BCUT2D eigenvalue weighted by Crippen LogP contribution is 2.27. The van der Waals surface area contributed by atoms with Gasteiger partial charge in [0.2, 0.25) is 5.91 Å². The van der Waals surface area contributed by atoms with Crippen molar-refractivity contribution in [1.29, 1.82) is 0 Å². The molecule has 0 spiro atoms. The number of carbonyl (C=O) groups excluding carboxylic acids is 1. The van der Waals surface area contributed by atoms with Crippen LogP contribution in [0.2, 0.25) is 0 Å². The number of fused-ring (bicyclic) bond motifs is 1. The molecule has 134 valence electrons. The molecule has 0 fully saturated rings. The van der Waals surface area contributed by atoms with E-state index in [0.29, 0.717) is 5.56 Å². The molecule has 2 heterocycles. The number of benzene rings is 2. The first-order valence-corrected chi connectivity index (χ1v) is 8.63. The van der Waals surface area contributed by atoms with Gasteiger partial charge >= 0.3 is 0 Å². The average molecular weight is 357 g/mol. The molecule has 1 amide bonds. The summed E-state index contributed by atoms with van der Waals surface area (Å²) in [4.78, 5) is 19.0. The van der Waals surface area contributed by atoms with Gasteiger partial charge in [-0.1, -0.05) is 24.3 Å². The van der Waals surface area contributed by atoms with Crippen LogP contribution in [0.15, 0.2) is 67.0 Å². The summed E-state index contributed by atoms with van der Waals surface area (Å²) in [5.74, 6) is 0.419. The predicted molar refractivity (Wildman–Crippen MR) is 106 cm³/mol. The van der Waals surface area contributed by atoms with Crippen LogP contribution in [0.1, 0.15) is 21.5 Å². The molecule has 0 aliphatic heterocycles. The van der Waals surface area contributed by atoms with Gasteiger partial charge in [-0.15, -0.1) is 0 Å². The van der Waals surface area contributed by atoms with Gasteiger partial charge in [0.05, 0.1) is 7.11 Å². The van der Waals surface area contributed by atoms with Crippen LogP contribution in [-0.4, -0.2) is 23.0 Å². The molecule has 4 rings (SSSR count). The quantitative estimate of drug-likeness (QED) is 0.568. The fourth-order valence-corrected chi connectivity index (χ4v) is 3.19. The maximum atomic E-state index is 11.2. The highest BCUT2D eigenvalue weighted by atomic mass is 16.5. The van der Waals surface area contributed by atoms with Crippen molar-refractivity contribution in [3.05, 3.63) is 83.7 Å². The zero-order chi connectivity index (χ0) is 18.8. The Kier molecular flexibility index (Phi) is 4.34. The summed E-state index contributed by atoms with van der Waals surface area (Å²) in [6.45, 7) is 0. The van der Waals surface area contributed by atoms with Crippen molar-refractivity contribution < 1.29 is 9.53 Å². The maximum absolute atomic E-state index is 11.2. The number of methoxy groups -OCH3 is 1. The van der Waals surface area contributed by atoms with E-state index in [4.69, 9.17) is 10.5 Å². The third-order valence-corrected chi connectivity index (χ3v) is 4.65. The normalized spacial score (nSPS) is 10.9. The van der Waals surface area contributed by atoms with Gasteiger partial charge in [0.15, 0.2) is 0 Å². The summed E-state index contributed by atoms with van der Waals surface area (Å²) < 4.78 is 5.31. The molecule has 0 aliphatic rings. The Morgan fingerprint density at radius 2 is 1.93 bits per heavy atom. The van der Waals surface area contributed by atoms with Gasteiger partial charge in [0, 0.05) is 28.9 Å². The number of rotatable bonds is 5. The van der Waals surface area contributed by atoms with Crippen LogP contribution in [0, 0.1) is 0 Å². The fraction of sp³-hybridized carbons (Fsp3) is 0.0909. The number of hydrogen-bond acceptors (Lipinski definition) is 3. The number of hydrogen-bond donors (Lipinski definition) is 2. The fourth-order valence-electron chi connectivity index (χ4n) is 3.19. The molecule has 0 atom stereocenters. The lowest BCUT2D eigenvalue weighted by molar-refractivity contribution is 0.100. The van der Waals surface area contributed by atoms with Crippen LogP contribution in [-0.2, 0) is 6.42 Å². The van der Waals surface area contributed by atoms with Crippen molar-refractivity contribution in [2.45, 2.75) is 6.42 Å². The second-order valence-corrected chi connectivity index (χ2v) is 6.40. The molecule has 0 radical (unpaired) electrons. The summed E-state index contributed by atoms with van der Waals surface area (Å²) in [7, 11) is 1.67. The Balaban J connectivity index is 1.69. The number of nitrogens with zero attached hydrogens (tertiary/aromatic N) is 1. The minimum atomic E-state index is -0.429. The van der Waals surface area contributed by atoms with Gasteiger partial charge in [-0.05, 0) is 53.4 Å². The van der Waals surface area contributed by atoms with Crippen molar-refractivity contribution in [2.75, 3.05) is 7.11 Å².